The molecule has 0 aliphatic heterocycles. The molecule has 0 rings (SSSR count). The van der Waals surface area contributed by atoms with Crippen LogP contribution in [0.25, 0.3) is 0 Å². The first-order valence-corrected chi connectivity index (χ1v) is 6.33. The molecule has 1 unspecified atom stereocenters. The van der Waals surface area contributed by atoms with E-state index in [1.807, 2.05) is 0 Å². The Balaban J connectivity index is 3.15. The molecule has 0 radical (unpaired) electrons. The fraction of sp³-hybridized carbons (Fsp3) is 0.714. The maximum Gasteiger partial charge on any atom is 0.321 e. The van der Waals surface area contributed by atoms with Crippen molar-refractivity contribution in [3.63, 3.8) is 0 Å². The van der Waals surface area contributed by atoms with Crippen LogP contribution in [0.2, 0.25) is 0 Å². The van der Waals surface area contributed by atoms with Gasteiger partial charge in [0.15, 0.2) is 0 Å². The predicted molar refractivity (Wildman–Crippen MR) is 55.8 cm³/mol. The van der Waals surface area contributed by atoms with Crippen molar-refractivity contribution in [1.29, 1.82) is 0 Å². The molecular formula is C7H13NO3S2. The summed E-state index contributed by atoms with van der Waals surface area (Å²) in [6, 6.07) is -0.788. The molecule has 0 saturated carbocycles. The summed E-state index contributed by atoms with van der Waals surface area (Å²) in [6.45, 7) is 0. The molecule has 0 aromatic carbocycles. The molecule has 76 valence electrons. The molecule has 13 heavy (non-hydrogen) atoms. The van der Waals surface area contributed by atoms with Gasteiger partial charge < -0.3 is 15.6 Å². The summed E-state index contributed by atoms with van der Waals surface area (Å²) in [5.74, 6) is 0.289. The van der Waals surface area contributed by atoms with E-state index in [4.69, 9.17) is 10.8 Å². The van der Waals surface area contributed by atoms with Gasteiger partial charge in [-0.15, -0.1) is 0 Å². The minimum Gasteiger partial charge on any atom is -0.480 e. The number of nitrogens with two attached hydrogens (primary N) is 1. The van der Waals surface area contributed by atoms with Crippen LogP contribution in [0.3, 0.4) is 0 Å². The number of carbonyl (C=O) groups is 2. The van der Waals surface area contributed by atoms with Crippen molar-refractivity contribution >= 4 is 33.8 Å². The molecule has 1 atom stereocenters. The quantitative estimate of drug-likeness (QED) is 0.359. The Labute approximate surface area is 85.0 Å². The minimum absolute atomic E-state index is 0.404. The van der Waals surface area contributed by atoms with Gasteiger partial charge in [0, 0.05) is 17.9 Å². The first-order valence-electron chi connectivity index (χ1n) is 3.85. The smallest absolute Gasteiger partial charge is 0.321 e. The normalized spacial score (nSPS) is 12.4. The van der Waals surface area contributed by atoms with Crippen LogP contribution in [-0.4, -0.2) is 34.9 Å². The highest BCUT2D eigenvalue weighted by Crippen LogP contribution is 2.22. The highest BCUT2D eigenvalue weighted by molar-refractivity contribution is 8.76. The van der Waals surface area contributed by atoms with E-state index in [0.29, 0.717) is 12.2 Å². The van der Waals surface area contributed by atoms with Crippen molar-refractivity contribution < 1.29 is 14.7 Å². The number of rotatable bonds is 8. The van der Waals surface area contributed by atoms with E-state index in [1.54, 1.807) is 10.8 Å². The highest BCUT2D eigenvalue weighted by Gasteiger charge is 2.10. The van der Waals surface area contributed by atoms with Crippen molar-refractivity contribution in [3.05, 3.63) is 0 Å². The molecule has 0 aliphatic rings. The molecule has 0 amide bonds. The van der Waals surface area contributed by atoms with E-state index in [2.05, 4.69) is 0 Å². The van der Waals surface area contributed by atoms with Gasteiger partial charge in [-0.1, -0.05) is 21.6 Å². The summed E-state index contributed by atoms with van der Waals surface area (Å²) >= 11 is 0. The zero-order valence-corrected chi connectivity index (χ0v) is 8.77. The summed E-state index contributed by atoms with van der Waals surface area (Å²) < 4.78 is 0. The second-order valence-electron chi connectivity index (χ2n) is 2.36. The largest absolute Gasteiger partial charge is 0.480 e. The Kier molecular flexibility index (Phi) is 8.27. The topological polar surface area (TPSA) is 80.4 Å². The van der Waals surface area contributed by atoms with E-state index >= 15 is 0 Å². The molecule has 3 N–H and O–H groups in total. The van der Waals surface area contributed by atoms with Gasteiger partial charge in [0.05, 0.1) is 0 Å². The van der Waals surface area contributed by atoms with Crippen LogP contribution in [0, 0.1) is 0 Å². The van der Waals surface area contributed by atoms with Crippen LogP contribution in [-0.2, 0) is 9.59 Å². The Morgan fingerprint density at radius 3 is 2.77 bits per heavy atom. The number of aldehydes is 1. The molecule has 0 saturated heterocycles. The fourth-order valence-corrected chi connectivity index (χ4v) is 2.70. The van der Waals surface area contributed by atoms with E-state index in [-0.39, 0.29) is 0 Å². The number of carboxylic acids is 1. The Morgan fingerprint density at radius 2 is 2.23 bits per heavy atom. The summed E-state index contributed by atoms with van der Waals surface area (Å²) in [6.07, 6.45) is 2.29. The van der Waals surface area contributed by atoms with Gasteiger partial charge >= 0.3 is 5.97 Å². The average Bonchev–Trinajstić information content (AvgIpc) is 2.10. The van der Waals surface area contributed by atoms with Crippen molar-refractivity contribution in [3.8, 4) is 0 Å². The van der Waals surface area contributed by atoms with Gasteiger partial charge in [-0.2, -0.15) is 0 Å². The lowest BCUT2D eigenvalue weighted by Gasteiger charge is -2.04. The van der Waals surface area contributed by atoms with Gasteiger partial charge in [-0.25, -0.2) is 0 Å². The van der Waals surface area contributed by atoms with E-state index in [9.17, 15) is 9.59 Å². The first kappa shape index (κ1) is 12.8. The fourth-order valence-electron chi connectivity index (χ4n) is 0.477. The monoisotopic (exact) mass is 223 g/mol. The third kappa shape index (κ3) is 8.14. The molecule has 0 spiro atoms. The van der Waals surface area contributed by atoms with E-state index in [1.165, 1.54) is 10.8 Å². The molecule has 0 aromatic rings. The summed E-state index contributed by atoms with van der Waals surface area (Å²) in [5, 5.41) is 8.43. The van der Waals surface area contributed by atoms with E-state index in [0.717, 1.165) is 18.5 Å². The van der Waals surface area contributed by atoms with Gasteiger partial charge in [0.25, 0.3) is 0 Å². The zero-order valence-electron chi connectivity index (χ0n) is 7.14. The van der Waals surface area contributed by atoms with Crippen molar-refractivity contribution in [2.24, 2.45) is 5.73 Å². The second kappa shape index (κ2) is 8.40. The SMILES string of the molecule is NC(CSSCCCC=O)C(=O)O. The molecule has 6 heteroatoms. The van der Waals surface area contributed by atoms with Gasteiger partial charge in [-0.3, -0.25) is 4.79 Å². The zero-order chi connectivity index (χ0) is 10.1. The Morgan fingerprint density at radius 1 is 1.54 bits per heavy atom. The lowest BCUT2D eigenvalue weighted by atomic mass is 10.4. The maximum absolute atomic E-state index is 10.3. The van der Waals surface area contributed by atoms with Crippen LogP contribution in [0.15, 0.2) is 0 Å². The van der Waals surface area contributed by atoms with Crippen LogP contribution in [0.1, 0.15) is 12.8 Å². The van der Waals surface area contributed by atoms with Crippen molar-refractivity contribution in [1.82, 2.24) is 0 Å². The van der Waals surface area contributed by atoms with Crippen molar-refractivity contribution in [2.75, 3.05) is 11.5 Å². The number of carboxylic acid groups (broad SMARTS) is 1. The number of hydrogen-bond acceptors (Lipinski definition) is 5. The third-order valence-electron chi connectivity index (χ3n) is 1.20. The van der Waals surface area contributed by atoms with Crippen LogP contribution in [0.5, 0.6) is 0 Å². The van der Waals surface area contributed by atoms with Crippen LogP contribution >= 0.6 is 21.6 Å². The third-order valence-corrected chi connectivity index (χ3v) is 3.72. The molecule has 0 bridgehead atoms. The lowest BCUT2D eigenvalue weighted by molar-refractivity contribution is -0.137. The number of carbonyl (C=O) groups excluding carboxylic acids is 1. The summed E-state index contributed by atoms with van der Waals surface area (Å²) in [5.41, 5.74) is 5.27. The molecule has 0 aromatic heterocycles. The molecule has 0 fully saturated rings. The highest BCUT2D eigenvalue weighted by atomic mass is 33.1. The second-order valence-corrected chi connectivity index (χ2v) is 4.99. The van der Waals surface area contributed by atoms with Gasteiger partial charge in [-0.05, 0) is 6.42 Å². The van der Waals surface area contributed by atoms with Crippen molar-refractivity contribution in [2.45, 2.75) is 18.9 Å². The standard InChI is InChI=1S/C7H13NO3S2/c8-6(7(10)11)5-13-12-4-2-1-3-9/h3,6H,1-2,4-5,8H2,(H,10,11). The van der Waals surface area contributed by atoms with Crippen LogP contribution in [0.4, 0.5) is 0 Å². The van der Waals surface area contributed by atoms with Crippen LogP contribution < -0.4 is 5.73 Å². The van der Waals surface area contributed by atoms with E-state index < -0.39 is 12.0 Å². The number of hydrogen-bond donors (Lipinski definition) is 2. The molecule has 4 nitrogen and oxygen atoms in total. The Bertz CT molecular complexity index is 166. The maximum atomic E-state index is 10.3. The molecule has 0 aliphatic carbocycles. The molecule has 0 heterocycles. The Hall–Kier alpha value is -0.200. The first-order chi connectivity index (χ1) is 6.18. The summed E-state index contributed by atoms with van der Waals surface area (Å²) in [4.78, 5) is 20.2. The van der Waals surface area contributed by atoms with Gasteiger partial charge in [0.1, 0.15) is 12.3 Å². The lowest BCUT2D eigenvalue weighted by Crippen LogP contribution is -2.32. The average molecular weight is 223 g/mol. The van der Waals surface area contributed by atoms with Gasteiger partial charge in [0.2, 0.25) is 0 Å². The summed E-state index contributed by atoms with van der Waals surface area (Å²) in [7, 11) is 2.99. The number of unbranched alkanes of at least 4 members (excludes halogenated alkanes) is 1. The minimum atomic E-state index is -0.971. The predicted octanol–water partition coefficient (Wildman–Crippen LogP) is 0.759. The number of aliphatic carboxylic acids is 1. The molecular weight excluding hydrogens is 210 g/mol.